The highest BCUT2D eigenvalue weighted by atomic mass is 19.4. The van der Waals surface area contributed by atoms with Crippen molar-refractivity contribution in [3.8, 4) is 39.6 Å². The zero-order valence-corrected chi connectivity index (χ0v) is 24.6. The Morgan fingerprint density at radius 3 is 1.31 bits per heavy atom. The lowest BCUT2D eigenvalue weighted by atomic mass is 9.92. The van der Waals surface area contributed by atoms with Gasteiger partial charge < -0.3 is 0 Å². The van der Waals surface area contributed by atoms with E-state index in [1.807, 2.05) is 0 Å². The predicted octanol–water partition coefficient (Wildman–Crippen LogP) is 9.59. The highest BCUT2D eigenvalue weighted by Crippen LogP contribution is 2.49. The van der Waals surface area contributed by atoms with Crippen molar-refractivity contribution in [3.63, 3.8) is 0 Å². The quantitative estimate of drug-likeness (QED) is 0.0345. The molecular formula is C32H7F16N4+. The molecule has 0 saturated heterocycles. The lowest BCUT2D eigenvalue weighted by Gasteiger charge is -2.17. The fourth-order valence-corrected chi connectivity index (χ4v) is 5.69. The number of benzene rings is 3. The molecule has 0 fully saturated rings. The summed E-state index contributed by atoms with van der Waals surface area (Å²) in [6.45, 7) is 0.987. The maximum atomic E-state index is 15.2. The van der Waals surface area contributed by atoms with Crippen molar-refractivity contribution in [2.24, 2.45) is 0 Å². The Kier molecular flexibility index (Phi) is 8.30. The van der Waals surface area contributed by atoms with Gasteiger partial charge in [-0.1, -0.05) is 6.07 Å². The van der Waals surface area contributed by atoms with Crippen LogP contribution in [-0.2, 0) is 6.18 Å². The van der Waals surface area contributed by atoms with Gasteiger partial charge in [0.1, 0.15) is 0 Å². The molecule has 0 spiro atoms. The molecule has 20 heteroatoms. The molecule has 0 radical (unpaired) electrons. The number of hydrogen-bond donors (Lipinski definition) is 0. The van der Waals surface area contributed by atoms with Crippen LogP contribution in [0.15, 0.2) is 24.3 Å². The molecule has 2 aromatic heterocycles. The normalized spacial score (nSPS) is 13.3. The van der Waals surface area contributed by atoms with Gasteiger partial charge in [-0.2, -0.15) is 49.5 Å². The topological polar surface area (TPSA) is 52.6 Å². The SMILES string of the molecule is Cc1cc2c(cc1-c1c(F)c(F)nc(F)c1F)C(=[N+](C#N)c1c(F)c(F)c(F)c(F)c1F)c1cc(-c3c(F)c(F)nc(F)c3F)c(C(F)(F)F)cc1-2. The summed E-state index contributed by atoms with van der Waals surface area (Å²) in [4.78, 5) is 4.62. The fraction of sp³-hybridized carbons (Fsp3) is 0.0625. The molecule has 5 aromatic rings. The molecule has 52 heavy (non-hydrogen) atoms. The van der Waals surface area contributed by atoms with Crippen molar-refractivity contribution in [2.45, 2.75) is 13.1 Å². The Balaban J connectivity index is 1.86. The molecule has 0 amide bonds. The van der Waals surface area contributed by atoms with E-state index >= 15 is 8.78 Å². The third kappa shape index (κ3) is 5.12. The molecule has 1 aliphatic rings. The lowest BCUT2D eigenvalue weighted by molar-refractivity contribution is -0.345. The average molecular weight is 751 g/mol. The molecule has 0 bridgehead atoms. The second-order valence-corrected chi connectivity index (χ2v) is 10.7. The van der Waals surface area contributed by atoms with Gasteiger partial charge in [0.05, 0.1) is 16.7 Å². The van der Waals surface area contributed by atoms with E-state index in [-0.39, 0.29) is 12.1 Å². The molecule has 2 heterocycles. The Hall–Kier alpha value is -6.00. The number of rotatable bonds is 3. The van der Waals surface area contributed by atoms with E-state index < -0.39 is 154 Å². The second-order valence-electron chi connectivity index (χ2n) is 10.7. The van der Waals surface area contributed by atoms with E-state index in [1.165, 1.54) is 0 Å². The van der Waals surface area contributed by atoms with E-state index in [9.17, 15) is 66.7 Å². The van der Waals surface area contributed by atoms with Gasteiger partial charge in [-0.05, 0) is 47.4 Å². The number of aromatic nitrogens is 2. The first-order valence-corrected chi connectivity index (χ1v) is 13.6. The maximum Gasteiger partial charge on any atom is 0.465 e. The van der Waals surface area contributed by atoms with Crippen LogP contribution >= 0.6 is 0 Å². The van der Waals surface area contributed by atoms with Crippen molar-refractivity contribution >= 4 is 11.4 Å². The molecule has 0 N–H and O–H groups in total. The zero-order chi connectivity index (χ0) is 38.5. The molecule has 4 nitrogen and oxygen atoms in total. The number of aryl methyl sites for hydroxylation is 1. The van der Waals surface area contributed by atoms with Crippen molar-refractivity contribution in [1.29, 1.82) is 5.26 Å². The first-order chi connectivity index (χ1) is 24.2. The van der Waals surface area contributed by atoms with Gasteiger partial charge in [-0.25, -0.2) is 30.7 Å². The number of halogens is 16. The molecule has 0 aliphatic heterocycles. The van der Waals surface area contributed by atoms with E-state index in [0.717, 1.165) is 19.2 Å². The van der Waals surface area contributed by atoms with Gasteiger partial charge >= 0.3 is 12.4 Å². The van der Waals surface area contributed by atoms with Crippen molar-refractivity contribution in [2.75, 3.05) is 0 Å². The summed E-state index contributed by atoms with van der Waals surface area (Å²) in [7, 11) is 0. The van der Waals surface area contributed by atoms with Crippen molar-refractivity contribution in [3.05, 3.63) is 123 Å². The molecule has 6 rings (SSSR count). The van der Waals surface area contributed by atoms with E-state index in [2.05, 4.69) is 9.97 Å². The van der Waals surface area contributed by atoms with Crippen LogP contribution in [0.3, 0.4) is 0 Å². The smallest absolute Gasteiger partial charge is 0.201 e. The fourth-order valence-electron chi connectivity index (χ4n) is 5.69. The minimum absolute atomic E-state index is 0.0613. The first kappa shape index (κ1) is 35.8. The molecule has 0 unspecified atom stereocenters. The predicted molar refractivity (Wildman–Crippen MR) is 143 cm³/mol. The van der Waals surface area contributed by atoms with Crippen LogP contribution in [0.25, 0.3) is 33.4 Å². The molecule has 1 aliphatic carbocycles. The van der Waals surface area contributed by atoms with Gasteiger partial charge in [-0.15, -0.1) is 4.58 Å². The third-order valence-electron chi connectivity index (χ3n) is 7.90. The first-order valence-electron chi connectivity index (χ1n) is 13.6. The van der Waals surface area contributed by atoms with Gasteiger partial charge in [0.15, 0.2) is 34.2 Å². The molecular weight excluding hydrogens is 744 g/mol. The molecule has 3 aromatic carbocycles. The zero-order valence-electron chi connectivity index (χ0n) is 24.6. The Bertz CT molecular complexity index is 2440. The minimum atomic E-state index is -5.66. The summed E-state index contributed by atoms with van der Waals surface area (Å²) in [6.07, 6.45) is -4.62. The maximum absolute atomic E-state index is 15.2. The standard InChI is InChI=1S/C32H7F16N4/c1-7-2-9-10-5-14(32(46,47)48)13(16-19(35)30(44)51-31(45)20(16)36)4-12(10)26(52(6-49)27-24(40)22(38)21(37)23(39)25(27)41)11(9)3-8(7)15-17(33)28(42)50-29(43)18(15)34/h2-5H,1H3/q+1. The summed E-state index contributed by atoms with van der Waals surface area (Å²) in [5.74, 6) is -32.1. The van der Waals surface area contributed by atoms with Gasteiger partial charge in [-0.3, -0.25) is 0 Å². The van der Waals surface area contributed by atoms with Crippen LogP contribution in [0.4, 0.5) is 75.9 Å². The molecule has 0 atom stereocenters. The summed E-state index contributed by atoms with van der Waals surface area (Å²) in [6, 6.07) is 1.40. The largest absolute Gasteiger partial charge is 0.465 e. The summed E-state index contributed by atoms with van der Waals surface area (Å²) in [5, 5.41) is 10.1. The van der Waals surface area contributed by atoms with Gasteiger partial charge in [0, 0.05) is 16.7 Å². The van der Waals surface area contributed by atoms with Crippen LogP contribution < -0.4 is 0 Å². The highest BCUT2D eigenvalue weighted by molar-refractivity contribution is 6.24. The van der Waals surface area contributed by atoms with Crippen molar-refractivity contribution in [1.82, 2.24) is 9.97 Å². The summed E-state index contributed by atoms with van der Waals surface area (Å²) < 4.78 is 232. The second kappa shape index (κ2) is 12.1. The monoisotopic (exact) mass is 751 g/mol. The summed E-state index contributed by atoms with van der Waals surface area (Å²) in [5.41, 5.74) is -15.3. The van der Waals surface area contributed by atoms with E-state index in [4.69, 9.17) is 0 Å². The van der Waals surface area contributed by atoms with Crippen LogP contribution in [-0.4, -0.2) is 20.3 Å². The number of nitriles is 1. The van der Waals surface area contributed by atoms with E-state index in [0.29, 0.717) is 6.07 Å². The Morgan fingerprint density at radius 2 is 0.885 bits per heavy atom. The third-order valence-corrected chi connectivity index (χ3v) is 7.90. The minimum Gasteiger partial charge on any atom is -0.201 e. The Labute approximate surface area is 277 Å². The number of nitrogens with zero attached hydrogens (tertiary/aromatic N) is 4. The highest BCUT2D eigenvalue weighted by Gasteiger charge is 2.43. The van der Waals surface area contributed by atoms with E-state index in [1.54, 1.807) is 0 Å². The summed E-state index contributed by atoms with van der Waals surface area (Å²) >= 11 is 0. The van der Waals surface area contributed by atoms with Gasteiger partial charge in [0.2, 0.25) is 34.8 Å². The van der Waals surface area contributed by atoms with Crippen LogP contribution in [0, 0.1) is 94.5 Å². The number of hydrogen-bond acceptors (Lipinski definition) is 3. The number of pyridine rings is 2. The van der Waals surface area contributed by atoms with Crippen LogP contribution in [0.2, 0.25) is 0 Å². The van der Waals surface area contributed by atoms with Crippen LogP contribution in [0.1, 0.15) is 22.3 Å². The van der Waals surface area contributed by atoms with Gasteiger partial charge in [0.25, 0.3) is 23.8 Å². The lowest BCUT2D eigenvalue weighted by Crippen LogP contribution is -2.18. The van der Waals surface area contributed by atoms with Crippen LogP contribution in [0.5, 0.6) is 0 Å². The molecule has 0 saturated carbocycles. The Morgan fingerprint density at radius 1 is 0.500 bits per heavy atom. The van der Waals surface area contributed by atoms with Crippen molar-refractivity contribution < 1.29 is 74.8 Å². The number of alkyl halides is 3. The molecule has 266 valence electrons. The average Bonchev–Trinajstić information content (AvgIpc) is 3.37. The number of fused-ring (bicyclic) bond motifs is 3.